The summed E-state index contributed by atoms with van der Waals surface area (Å²) in [6.07, 6.45) is 0. The van der Waals surface area contributed by atoms with Crippen LogP contribution in [0, 0.1) is 13.8 Å². The lowest BCUT2D eigenvalue weighted by atomic mass is 10.1. The smallest absolute Gasteiger partial charge is 0.308 e. The summed E-state index contributed by atoms with van der Waals surface area (Å²) < 4.78 is 0. The topological polar surface area (TPSA) is 82.3 Å². The van der Waals surface area contributed by atoms with Gasteiger partial charge in [-0.25, -0.2) is 9.59 Å². The molecule has 4 amide bonds. The van der Waals surface area contributed by atoms with Crippen molar-refractivity contribution in [3.8, 4) is 0 Å². The molecule has 0 fully saturated rings. The van der Waals surface area contributed by atoms with Crippen molar-refractivity contribution in [3.63, 3.8) is 0 Å². The van der Waals surface area contributed by atoms with Crippen LogP contribution < -0.4 is 21.3 Å². The van der Waals surface area contributed by atoms with Gasteiger partial charge in [-0.3, -0.25) is 0 Å². The molecule has 0 saturated heterocycles. The number of anilines is 4. The lowest BCUT2D eigenvalue weighted by molar-refractivity contribution is 0.261. The van der Waals surface area contributed by atoms with E-state index < -0.39 is 12.1 Å². The molecule has 32 heavy (non-hydrogen) atoms. The van der Waals surface area contributed by atoms with Crippen LogP contribution in [0.1, 0.15) is 11.1 Å². The third kappa shape index (κ3) is 5.23. The van der Waals surface area contributed by atoms with Crippen LogP contribution in [0.25, 0.3) is 10.8 Å². The molecule has 4 rings (SSSR count). The lowest BCUT2D eigenvalue weighted by Gasteiger charge is -2.15. The lowest BCUT2D eigenvalue weighted by Crippen LogP contribution is -2.23. The number of benzene rings is 4. The van der Waals surface area contributed by atoms with Gasteiger partial charge < -0.3 is 21.3 Å². The summed E-state index contributed by atoms with van der Waals surface area (Å²) in [7, 11) is 0. The maximum absolute atomic E-state index is 12.6. The Bertz CT molecular complexity index is 1200. The summed E-state index contributed by atoms with van der Waals surface area (Å²) in [6.45, 7) is 3.92. The molecule has 0 unspecified atom stereocenters. The SMILES string of the molecule is Cc1cccc(NC(=O)Nc2cc3ccccc3cc2NC(=O)Nc2cccc(C)c2)c1. The number of carbonyl (C=O) groups excluding carboxylic acids is 2. The number of hydrogen-bond acceptors (Lipinski definition) is 2. The fraction of sp³-hybridized carbons (Fsp3) is 0.0769. The van der Waals surface area contributed by atoms with Crippen molar-refractivity contribution in [2.75, 3.05) is 21.3 Å². The molecule has 0 spiro atoms. The predicted molar refractivity (Wildman–Crippen MR) is 132 cm³/mol. The van der Waals surface area contributed by atoms with Gasteiger partial charge >= 0.3 is 12.1 Å². The minimum Gasteiger partial charge on any atom is -0.308 e. The molecule has 0 aliphatic heterocycles. The fourth-order valence-corrected chi connectivity index (χ4v) is 3.46. The number of fused-ring (bicyclic) bond motifs is 1. The highest BCUT2D eigenvalue weighted by Crippen LogP contribution is 2.29. The third-order valence-corrected chi connectivity index (χ3v) is 4.93. The fourth-order valence-electron chi connectivity index (χ4n) is 3.46. The minimum absolute atomic E-state index is 0.395. The second kappa shape index (κ2) is 9.22. The van der Waals surface area contributed by atoms with Gasteiger partial charge in [0.05, 0.1) is 11.4 Å². The number of aryl methyl sites for hydroxylation is 2. The van der Waals surface area contributed by atoms with Crippen molar-refractivity contribution in [1.29, 1.82) is 0 Å². The Balaban J connectivity index is 1.57. The molecule has 4 aromatic carbocycles. The van der Waals surface area contributed by atoms with Gasteiger partial charge in [0.1, 0.15) is 0 Å². The number of urea groups is 2. The molecular formula is C26H24N4O2. The Morgan fingerprint density at radius 1 is 0.531 bits per heavy atom. The Labute approximate surface area is 186 Å². The van der Waals surface area contributed by atoms with Gasteiger partial charge in [-0.2, -0.15) is 0 Å². The van der Waals surface area contributed by atoms with Gasteiger partial charge in [0, 0.05) is 11.4 Å². The zero-order valence-electron chi connectivity index (χ0n) is 17.9. The standard InChI is InChI=1S/C26H24N4O2/c1-17-7-5-11-21(13-17)27-25(31)29-23-15-19-9-3-4-10-20(19)16-24(23)30-26(32)28-22-12-6-8-18(2)14-22/h3-16H,1-2H3,(H2,27,29,31)(H2,28,30,32). The third-order valence-electron chi connectivity index (χ3n) is 4.93. The summed E-state index contributed by atoms with van der Waals surface area (Å²) in [5.41, 5.74) is 4.46. The van der Waals surface area contributed by atoms with Crippen LogP contribution in [0.4, 0.5) is 32.3 Å². The van der Waals surface area contributed by atoms with Crippen molar-refractivity contribution in [2.24, 2.45) is 0 Å². The zero-order valence-corrected chi connectivity index (χ0v) is 17.9. The second-order valence-corrected chi connectivity index (χ2v) is 7.64. The van der Waals surface area contributed by atoms with E-state index in [9.17, 15) is 9.59 Å². The van der Waals surface area contributed by atoms with E-state index in [-0.39, 0.29) is 0 Å². The number of hydrogen-bond donors (Lipinski definition) is 4. The van der Waals surface area contributed by atoms with Gasteiger partial charge in [-0.1, -0.05) is 48.5 Å². The van der Waals surface area contributed by atoms with Crippen LogP contribution in [-0.2, 0) is 0 Å². The van der Waals surface area contributed by atoms with Gasteiger partial charge in [0.15, 0.2) is 0 Å². The van der Waals surface area contributed by atoms with E-state index in [0.29, 0.717) is 22.7 Å². The van der Waals surface area contributed by atoms with Crippen molar-refractivity contribution < 1.29 is 9.59 Å². The van der Waals surface area contributed by atoms with Crippen LogP contribution in [-0.4, -0.2) is 12.1 Å². The van der Waals surface area contributed by atoms with Crippen LogP contribution >= 0.6 is 0 Å². The molecule has 0 bridgehead atoms. The minimum atomic E-state index is -0.395. The van der Waals surface area contributed by atoms with E-state index in [1.807, 2.05) is 98.8 Å². The number of rotatable bonds is 4. The summed E-state index contributed by atoms with van der Waals surface area (Å²) in [5.74, 6) is 0. The molecule has 0 saturated carbocycles. The van der Waals surface area contributed by atoms with Crippen LogP contribution in [0.15, 0.2) is 84.9 Å². The number of amides is 4. The maximum atomic E-state index is 12.6. The summed E-state index contributed by atoms with van der Waals surface area (Å²) in [4.78, 5) is 25.3. The average Bonchev–Trinajstić information content (AvgIpc) is 2.74. The Hall–Kier alpha value is -4.32. The molecule has 6 nitrogen and oxygen atoms in total. The highest BCUT2D eigenvalue weighted by atomic mass is 16.2. The molecule has 4 aromatic rings. The Morgan fingerprint density at radius 3 is 1.38 bits per heavy atom. The summed E-state index contributed by atoms with van der Waals surface area (Å²) in [5, 5.41) is 13.3. The van der Waals surface area contributed by atoms with Crippen LogP contribution in [0.2, 0.25) is 0 Å². The number of nitrogens with one attached hydrogen (secondary N) is 4. The second-order valence-electron chi connectivity index (χ2n) is 7.64. The van der Waals surface area contributed by atoms with E-state index in [2.05, 4.69) is 21.3 Å². The molecular weight excluding hydrogens is 400 g/mol. The number of carbonyl (C=O) groups is 2. The molecule has 0 radical (unpaired) electrons. The first-order valence-electron chi connectivity index (χ1n) is 10.3. The molecule has 4 N–H and O–H groups in total. The van der Waals surface area contributed by atoms with Crippen molar-refractivity contribution >= 4 is 45.6 Å². The quantitative estimate of drug-likeness (QED) is 0.292. The largest absolute Gasteiger partial charge is 0.323 e. The molecule has 6 heteroatoms. The van der Waals surface area contributed by atoms with Crippen molar-refractivity contribution in [1.82, 2.24) is 0 Å². The molecule has 0 heterocycles. The van der Waals surface area contributed by atoms with Crippen molar-refractivity contribution in [2.45, 2.75) is 13.8 Å². The maximum Gasteiger partial charge on any atom is 0.323 e. The molecule has 160 valence electrons. The van der Waals surface area contributed by atoms with Gasteiger partial charge in [0.2, 0.25) is 0 Å². The molecule has 0 atom stereocenters. The average molecular weight is 425 g/mol. The first-order valence-corrected chi connectivity index (χ1v) is 10.3. The Kier molecular flexibility index (Phi) is 6.03. The van der Waals surface area contributed by atoms with Gasteiger partial charge in [0.25, 0.3) is 0 Å². The van der Waals surface area contributed by atoms with Gasteiger partial charge in [-0.15, -0.1) is 0 Å². The van der Waals surface area contributed by atoms with E-state index in [1.54, 1.807) is 0 Å². The van der Waals surface area contributed by atoms with Gasteiger partial charge in [-0.05, 0) is 72.1 Å². The first-order chi connectivity index (χ1) is 15.5. The highest BCUT2D eigenvalue weighted by molar-refractivity contribution is 6.08. The normalized spacial score (nSPS) is 10.4. The van der Waals surface area contributed by atoms with E-state index >= 15 is 0 Å². The van der Waals surface area contributed by atoms with Crippen molar-refractivity contribution in [3.05, 3.63) is 96.1 Å². The van der Waals surface area contributed by atoms with Crippen LogP contribution in [0.3, 0.4) is 0 Å². The highest BCUT2D eigenvalue weighted by Gasteiger charge is 2.12. The molecule has 0 aromatic heterocycles. The molecule has 0 aliphatic carbocycles. The van der Waals surface area contributed by atoms with E-state index in [0.717, 1.165) is 21.9 Å². The Morgan fingerprint density at radius 2 is 0.969 bits per heavy atom. The first kappa shape index (κ1) is 20.9. The van der Waals surface area contributed by atoms with E-state index in [1.165, 1.54) is 0 Å². The monoisotopic (exact) mass is 424 g/mol. The zero-order chi connectivity index (χ0) is 22.5. The predicted octanol–water partition coefficient (Wildman–Crippen LogP) is 6.74. The summed E-state index contributed by atoms with van der Waals surface area (Å²) in [6, 6.07) is 25.7. The summed E-state index contributed by atoms with van der Waals surface area (Å²) >= 11 is 0. The van der Waals surface area contributed by atoms with Crippen LogP contribution in [0.5, 0.6) is 0 Å². The molecule has 0 aliphatic rings. The van der Waals surface area contributed by atoms with E-state index in [4.69, 9.17) is 0 Å².